The van der Waals surface area contributed by atoms with Crippen LogP contribution in [0.25, 0.3) is 0 Å². The second-order valence-electron chi connectivity index (χ2n) is 11.9. The SMILES string of the molecule is CC(C)=CCC/C=C/CC/C(C)=C/CC/C(C)=C/C=C/C=C(\C)CC/C=C(\C)CC/C=C(\C)CCC=C(C)C. The van der Waals surface area contributed by atoms with Crippen molar-refractivity contribution in [1.82, 2.24) is 0 Å². The number of allylic oxidation sites excluding steroid dienone is 18. The van der Waals surface area contributed by atoms with E-state index in [9.17, 15) is 0 Å². The molecule has 0 amide bonds. The topological polar surface area (TPSA) is 0 Å². The molecule has 0 bridgehead atoms. The Kier molecular flexibility index (Phi) is 23.2. The van der Waals surface area contributed by atoms with Crippen molar-refractivity contribution in [2.24, 2.45) is 0 Å². The molecule has 0 heterocycles. The van der Waals surface area contributed by atoms with E-state index in [1.165, 1.54) is 64.7 Å². The average molecular weight is 531 g/mol. The quantitative estimate of drug-likeness (QED) is 0.0834. The minimum atomic E-state index is 1.14. The molecule has 0 spiro atoms. The average Bonchev–Trinajstić information content (AvgIpc) is 2.85. The first-order chi connectivity index (χ1) is 18.6. The van der Waals surface area contributed by atoms with Crippen molar-refractivity contribution in [2.45, 2.75) is 139 Å². The molecule has 0 aliphatic heterocycles. The molecule has 0 saturated heterocycles. The van der Waals surface area contributed by atoms with Crippen LogP contribution in [-0.2, 0) is 0 Å². The largest absolute Gasteiger partial charge is 0.0882 e. The standard InChI is InChI=1S/C39H62/c1-33(2)21-13-11-10-12-14-23-35(5)27-18-28-36(6)24-15-16-25-37(7)29-19-31-39(9)32-20-30-38(8)26-17-22-34(3)4/h10,12,15-16,21-22,24-25,27,30-31H,11,13-14,17-20,23,26,28-29,32H2,1-9H3/b12-10+,16-15+,35-27+,36-24+,37-25+,38-30+,39-31+. The Bertz CT molecular complexity index is 923. The first-order valence-corrected chi connectivity index (χ1v) is 15.5. The molecule has 0 aromatic carbocycles. The molecule has 0 fully saturated rings. The molecule has 0 nitrogen and oxygen atoms in total. The summed E-state index contributed by atoms with van der Waals surface area (Å²) in [5.74, 6) is 0. The van der Waals surface area contributed by atoms with Crippen molar-refractivity contribution < 1.29 is 0 Å². The maximum absolute atomic E-state index is 2.43. The molecule has 0 heteroatoms. The van der Waals surface area contributed by atoms with Crippen molar-refractivity contribution >= 4 is 0 Å². The first-order valence-electron chi connectivity index (χ1n) is 15.5. The highest BCUT2D eigenvalue weighted by Gasteiger charge is 1.94. The van der Waals surface area contributed by atoms with E-state index in [0.29, 0.717) is 0 Å². The van der Waals surface area contributed by atoms with E-state index in [1.807, 2.05) is 0 Å². The summed E-state index contributed by atoms with van der Waals surface area (Å²) in [4.78, 5) is 0. The van der Waals surface area contributed by atoms with Gasteiger partial charge < -0.3 is 0 Å². The van der Waals surface area contributed by atoms with E-state index in [-0.39, 0.29) is 0 Å². The van der Waals surface area contributed by atoms with Crippen LogP contribution in [0.1, 0.15) is 139 Å². The molecular weight excluding hydrogens is 468 g/mol. The first kappa shape index (κ1) is 36.7. The van der Waals surface area contributed by atoms with Crippen molar-refractivity contribution in [3.63, 3.8) is 0 Å². The van der Waals surface area contributed by atoms with Crippen LogP contribution in [-0.4, -0.2) is 0 Å². The molecule has 0 unspecified atom stereocenters. The van der Waals surface area contributed by atoms with E-state index in [0.717, 1.165) is 51.4 Å². The number of rotatable bonds is 20. The highest BCUT2D eigenvalue weighted by molar-refractivity contribution is 5.19. The second kappa shape index (κ2) is 24.7. The van der Waals surface area contributed by atoms with Crippen molar-refractivity contribution in [2.75, 3.05) is 0 Å². The summed E-state index contributed by atoms with van der Waals surface area (Å²) in [7, 11) is 0. The van der Waals surface area contributed by atoms with Crippen LogP contribution in [0.15, 0.2) is 106 Å². The summed E-state index contributed by atoms with van der Waals surface area (Å²) >= 11 is 0. The molecule has 0 atom stereocenters. The predicted octanol–water partition coefficient (Wildman–Crippen LogP) is 13.4. The zero-order valence-corrected chi connectivity index (χ0v) is 27.3. The van der Waals surface area contributed by atoms with Crippen LogP contribution in [0, 0.1) is 0 Å². The van der Waals surface area contributed by atoms with Gasteiger partial charge in [0.2, 0.25) is 0 Å². The number of hydrogen-bond donors (Lipinski definition) is 0. The third kappa shape index (κ3) is 27.0. The summed E-state index contributed by atoms with van der Waals surface area (Å²) in [5, 5.41) is 0. The van der Waals surface area contributed by atoms with Crippen LogP contribution >= 0.6 is 0 Å². The fourth-order valence-corrected chi connectivity index (χ4v) is 4.15. The predicted molar refractivity (Wildman–Crippen MR) is 181 cm³/mol. The van der Waals surface area contributed by atoms with Gasteiger partial charge in [-0.1, -0.05) is 106 Å². The van der Waals surface area contributed by atoms with Gasteiger partial charge in [0.1, 0.15) is 0 Å². The van der Waals surface area contributed by atoms with Gasteiger partial charge in [-0.05, 0) is 139 Å². The number of hydrogen-bond acceptors (Lipinski definition) is 0. The Balaban J connectivity index is 4.20. The van der Waals surface area contributed by atoms with Crippen LogP contribution in [0.4, 0.5) is 0 Å². The van der Waals surface area contributed by atoms with Crippen molar-refractivity contribution in [3.05, 3.63) is 106 Å². The molecule has 0 radical (unpaired) electrons. The van der Waals surface area contributed by atoms with E-state index in [1.54, 1.807) is 0 Å². The highest BCUT2D eigenvalue weighted by atomic mass is 14.0. The van der Waals surface area contributed by atoms with Gasteiger partial charge in [0, 0.05) is 0 Å². The lowest BCUT2D eigenvalue weighted by atomic mass is 10.0. The lowest BCUT2D eigenvalue weighted by molar-refractivity contribution is 0.900. The van der Waals surface area contributed by atoms with Gasteiger partial charge in [-0.2, -0.15) is 0 Å². The van der Waals surface area contributed by atoms with Crippen molar-refractivity contribution in [1.29, 1.82) is 0 Å². The third-order valence-electron chi connectivity index (χ3n) is 6.82. The Hall–Kier alpha value is -2.34. The van der Waals surface area contributed by atoms with E-state index >= 15 is 0 Å². The van der Waals surface area contributed by atoms with Gasteiger partial charge in [-0.3, -0.25) is 0 Å². The molecule has 0 rings (SSSR count). The summed E-state index contributed by atoms with van der Waals surface area (Å²) in [6, 6.07) is 0. The Labute approximate surface area is 244 Å². The van der Waals surface area contributed by atoms with Crippen LogP contribution in [0.3, 0.4) is 0 Å². The molecule has 0 saturated carbocycles. The summed E-state index contributed by atoms with van der Waals surface area (Å²) in [6.45, 7) is 20.0. The zero-order chi connectivity index (χ0) is 29.3. The maximum atomic E-state index is 2.43. The van der Waals surface area contributed by atoms with Gasteiger partial charge >= 0.3 is 0 Å². The summed E-state index contributed by atoms with van der Waals surface area (Å²) in [6.07, 6.45) is 39.4. The lowest BCUT2D eigenvalue weighted by Gasteiger charge is -2.02. The fraction of sp³-hybridized carbons (Fsp3) is 0.538. The van der Waals surface area contributed by atoms with E-state index in [4.69, 9.17) is 0 Å². The Morgan fingerprint density at radius 1 is 0.333 bits per heavy atom. The van der Waals surface area contributed by atoms with Gasteiger partial charge in [0.25, 0.3) is 0 Å². The maximum Gasteiger partial charge on any atom is -0.0285 e. The molecule has 0 N–H and O–H groups in total. The smallest absolute Gasteiger partial charge is 0.0285 e. The molecule has 0 aliphatic rings. The van der Waals surface area contributed by atoms with Crippen LogP contribution < -0.4 is 0 Å². The fourth-order valence-electron chi connectivity index (χ4n) is 4.15. The Morgan fingerprint density at radius 3 is 1.10 bits per heavy atom. The lowest BCUT2D eigenvalue weighted by Crippen LogP contribution is -1.82. The van der Waals surface area contributed by atoms with Gasteiger partial charge in [0.15, 0.2) is 0 Å². The van der Waals surface area contributed by atoms with E-state index in [2.05, 4.69) is 129 Å². The molecule has 0 aromatic rings. The van der Waals surface area contributed by atoms with Crippen molar-refractivity contribution in [3.8, 4) is 0 Å². The van der Waals surface area contributed by atoms with Crippen LogP contribution in [0.2, 0.25) is 0 Å². The molecular formula is C39H62. The molecule has 218 valence electrons. The summed E-state index contributed by atoms with van der Waals surface area (Å²) in [5.41, 5.74) is 10.3. The molecule has 39 heavy (non-hydrogen) atoms. The second-order valence-corrected chi connectivity index (χ2v) is 11.9. The van der Waals surface area contributed by atoms with Gasteiger partial charge in [0.05, 0.1) is 0 Å². The Morgan fingerprint density at radius 2 is 0.667 bits per heavy atom. The third-order valence-corrected chi connectivity index (χ3v) is 6.82. The minimum Gasteiger partial charge on any atom is -0.0882 e. The highest BCUT2D eigenvalue weighted by Crippen LogP contribution is 2.14. The minimum absolute atomic E-state index is 1.14. The van der Waals surface area contributed by atoms with Crippen LogP contribution in [0.5, 0.6) is 0 Å². The van der Waals surface area contributed by atoms with Gasteiger partial charge in [-0.15, -0.1) is 0 Å². The molecule has 0 aliphatic carbocycles. The monoisotopic (exact) mass is 530 g/mol. The number of unbranched alkanes of at least 4 members (excludes halogenated alkanes) is 1. The molecule has 0 aromatic heterocycles. The van der Waals surface area contributed by atoms with E-state index < -0.39 is 0 Å². The normalized spacial score (nSPS) is 14.0. The summed E-state index contributed by atoms with van der Waals surface area (Å²) < 4.78 is 0. The zero-order valence-electron chi connectivity index (χ0n) is 27.3. The van der Waals surface area contributed by atoms with Gasteiger partial charge in [-0.25, -0.2) is 0 Å².